The Morgan fingerprint density at radius 1 is 1.00 bits per heavy atom. The maximum atomic E-state index is 14.3. The fourth-order valence-corrected chi connectivity index (χ4v) is 3.76. The van der Waals surface area contributed by atoms with E-state index in [4.69, 9.17) is 10.5 Å². The second-order valence-electron chi connectivity index (χ2n) is 7.08. The molecule has 0 radical (unpaired) electrons. The zero-order valence-corrected chi connectivity index (χ0v) is 15.1. The van der Waals surface area contributed by atoms with E-state index in [0.717, 1.165) is 11.6 Å². The lowest BCUT2D eigenvalue weighted by Crippen LogP contribution is -2.41. The summed E-state index contributed by atoms with van der Waals surface area (Å²) in [5, 5.41) is 0. The van der Waals surface area contributed by atoms with E-state index >= 15 is 0 Å². The molecule has 2 aromatic rings. The number of benzene rings is 2. The van der Waals surface area contributed by atoms with Crippen molar-refractivity contribution in [3.8, 4) is 0 Å². The standard InChI is InChI=1S/C22H24F3NO/c23-19-14-21(25)20(24)13-18(19)22(15-26)10-8-17(9-11-22)27-12-4-7-16-5-2-1-3-6-16/h1-7,13-14,17H,8-12,15,26H2/b7-4+/t17-,22-. The molecule has 0 heterocycles. The van der Waals surface area contributed by atoms with Gasteiger partial charge < -0.3 is 10.5 Å². The molecule has 0 atom stereocenters. The van der Waals surface area contributed by atoms with Gasteiger partial charge in [0.2, 0.25) is 0 Å². The summed E-state index contributed by atoms with van der Waals surface area (Å²) in [6, 6.07) is 11.5. The third-order valence-electron chi connectivity index (χ3n) is 5.40. The van der Waals surface area contributed by atoms with E-state index < -0.39 is 22.9 Å². The lowest BCUT2D eigenvalue weighted by atomic mass is 9.68. The van der Waals surface area contributed by atoms with Crippen molar-refractivity contribution in [1.82, 2.24) is 0 Å². The van der Waals surface area contributed by atoms with Crippen molar-refractivity contribution in [2.75, 3.05) is 13.2 Å². The molecule has 2 aromatic carbocycles. The molecule has 0 bridgehead atoms. The normalized spacial score (nSPS) is 23.0. The molecule has 1 fully saturated rings. The van der Waals surface area contributed by atoms with Crippen molar-refractivity contribution in [3.63, 3.8) is 0 Å². The Morgan fingerprint density at radius 2 is 1.67 bits per heavy atom. The summed E-state index contributed by atoms with van der Waals surface area (Å²) in [4.78, 5) is 0. The highest BCUT2D eigenvalue weighted by atomic mass is 19.2. The van der Waals surface area contributed by atoms with Gasteiger partial charge >= 0.3 is 0 Å². The van der Waals surface area contributed by atoms with Crippen LogP contribution < -0.4 is 5.73 Å². The molecule has 0 aromatic heterocycles. The Labute approximate surface area is 157 Å². The fraction of sp³-hybridized carbons (Fsp3) is 0.364. The van der Waals surface area contributed by atoms with Gasteiger partial charge in [0.15, 0.2) is 11.6 Å². The fourth-order valence-electron chi connectivity index (χ4n) is 3.76. The zero-order valence-electron chi connectivity index (χ0n) is 15.1. The highest BCUT2D eigenvalue weighted by molar-refractivity contribution is 5.48. The lowest BCUT2D eigenvalue weighted by molar-refractivity contribution is 0.0284. The summed E-state index contributed by atoms with van der Waals surface area (Å²) in [5.41, 5.74) is 6.54. The number of halogens is 3. The predicted molar refractivity (Wildman–Crippen MR) is 101 cm³/mol. The van der Waals surface area contributed by atoms with Crippen LogP contribution in [0.4, 0.5) is 13.2 Å². The van der Waals surface area contributed by atoms with E-state index in [1.54, 1.807) is 0 Å². The molecule has 3 rings (SSSR count). The van der Waals surface area contributed by atoms with Gasteiger partial charge in [0, 0.05) is 18.0 Å². The Bertz CT molecular complexity index is 784. The van der Waals surface area contributed by atoms with Crippen LogP contribution >= 0.6 is 0 Å². The van der Waals surface area contributed by atoms with Crippen molar-refractivity contribution >= 4 is 6.08 Å². The van der Waals surface area contributed by atoms with E-state index in [0.29, 0.717) is 38.4 Å². The van der Waals surface area contributed by atoms with Crippen LogP contribution in [0.2, 0.25) is 0 Å². The molecule has 5 heteroatoms. The van der Waals surface area contributed by atoms with E-state index in [1.165, 1.54) is 0 Å². The minimum absolute atomic E-state index is 0.0541. The molecule has 0 unspecified atom stereocenters. The van der Waals surface area contributed by atoms with E-state index in [2.05, 4.69) is 0 Å². The zero-order chi connectivity index (χ0) is 19.3. The molecule has 27 heavy (non-hydrogen) atoms. The SMILES string of the molecule is NC[C@]1(c2cc(F)c(F)cc2F)CC[C@H](OC/C=C/c2ccccc2)CC1. The second-order valence-corrected chi connectivity index (χ2v) is 7.08. The van der Waals surface area contributed by atoms with Crippen LogP contribution in [-0.2, 0) is 10.2 Å². The van der Waals surface area contributed by atoms with Gasteiger partial charge in [-0.15, -0.1) is 0 Å². The number of hydrogen-bond donors (Lipinski definition) is 1. The monoisotopic (exact) mass is 375 g/mol. The minimum Gasteiger partial charge on any atom is -0.374 e. The van der Waals surface area contributed by atoms with Gasteiger partial charge in [0.25, 0.3) is 0 Å². The van der Waals surface area contributed by atoms with Crippen LogP contribution in [-0.4, -0.2) is 19.3 Å². The van der Waals surface area contributed by atoms with Crippen molar-refractivity contribution in [1.29, 1.82) is 0 Å². The molecule has 0 amide bonds. The first kappa shape index (κ1) is 19.6. The van der Waals surface area contributed by atoms with Gasteiger partial charge in [-0.3, -0.25) is 0 Å². The molecule has 0 saturated heterocycles. The molecular weight excluding hydrogens is 351 g/mol. The van der Waals surface area contributed by atoms with Crippen LogP contribution in [0.15, 0.2) is 48.5 Å². The Morgan fingerprint density at radius 3 is 2.33 bits per heavy atom. The van der Waals surface area contributed by atoms with Gasteiger partial charge in [-0.2, -0.15) is 0 Å². The molecule has 2 N–H and O–H groups in total. The highest BCUT2D eigenvalue weighted by Gasteiger charge is 2.38. The molecule has 1 aliphatic carbocycles. The average molecular weight is 375 g/mol. The quantitative estimate of drug-likeness (QED) is 0.723. The first-order chi connectivity index (χ1) is 13.0. The molecular formula is C22H24F3NO. The molecule has 0 aliphatic heterocycles. The van der Waals surface area contributed by atoms with E-state index in [1.807, 2.05) is 42.5 Å². The Balaban J connectivity index is 1.58. The number of rotatable bonds is 6. The van der Waals surface area contributed by atoms with Gasteiger partial charge in [-0.05, 0) is 42.9 Å². The third-order valence-corrected chi connectivity index (χ3v) is 5.40. The second kappa shape index (κ2) is 8.72. The summed E-state index contributed by atoms with van der Waals surface area (Å²) in [5.74, 6) is -2.95. The van der Waals surface area contributed by atoms with Crippen molar-refractivity contribution in [3.05, 3.63) is 77.1 Å². The lowest BCUT2D eigenvalue weighted by Gasteiger charge is -2.40. The predicted octanol–water partition coefficient (Wildman–Crippen LogP) is 4.97. The van der Waals surface area contributed by atoms with Gasteiger partial charge in [0.05, 0.1) is 12.7 Å². The van der Waals surface area contributed by atoms with Crippen molar-refractivity contribution in [2.45, 2.75) is 37.2 Å². The maximum absolute atomic E-state index is 14.3. The van der Waals surface area contributed by atoms with Crippen LogP contribution in [0.25, 0.3) is 6.08 Å². The van der Waals surface area contributed by atoms with Crippen molar-refractivity contribution < 1.29 is 17.9 Å². The summed E-state index contributed by atoms with van der Waals surface area (Å²) < 4.78 is 47.0. The molecule has 2 nitrogen and oxygen atoms in total. The molecule has 0 spiro atoms. The minimum atomic E-state index is -1.18. The van der Waals surface area contributed by atoms with E-state index in [-0.39, 0.29) is 18.2 Å². The number of nitrogens with two attached hydrogens (primary N) is 1. The first-order valence-electron chi connectivity index (χ1n) is 9.22. The first-order valence-corrected chi connectivity index (χ1v) is 9.22. The van der Waals surface area contributed by atoms with Crippen LogP contribution in [0.1, 0.15) is 36.8 Å². The maximum Gasteiger partial charge on any atom is 0.161 e. The van der Waals surface area contributed by atoms with Gasteiger partial charge in [0.1, 0.15) is 5.82 Å². The summed E-state index contributed by atoms with van der Waals surface area (Å²) in [7, 11) is 0. The summed E-state index contributed by atoms with van der Waals surface area (Å²) in [6.45, 7) is 0.685. The topological polar surface area (TPSA) is 35.2 Å². The molecule has 144 valence electrons. The highest BCUT2D eigenvalue weighted by Crippen LogP contribution is 2.41. The summed E-state index contributed by atoms with van der Waals surface area (Å²) >= 11 is 0. The Kier molecular flexibility index (Phi) is 6.34. The summed E-state index contributed by atoms with van der Waals surface area (Å²) in [6.07, 6.45) is 6.60. The number of hydrogen-bond acceptors (Lipinski definition) is 2. The number of ether oxygens (including phenoxy) is 1. The third kappa shape index (κ3) is 4.60. The average Bonchev–Trinajstić information content (AvgIpc) is 2.69. The van der Waals surface area contributed by atoms with Crippen LogP contribution in [0.5, 0.6) is 0 Å². The largest absolute Gasteiger partial charge is 0.374 e. The Hall–Kier alpha value is -2.11. The molecule has 1 saturated carbocycles. The van der Waals surface area contributed by atoms with Gasteiger partial charge in [-0.1, -0.05) is 42.5 Å². The smallest absolute Gasteiger partial charge is 0.161 e. The van der Waals surface area contributed by atoms with Gasteiger partial charge in [-0.25, -0.2) is 13.2 Å². The van der Waals surface area contributed by atoms with Crippen molar-refractivity contribution in [2.24, 2.45) is 5.73 Å². The molecule has 1 aliphatic rings. The van der Waals surface area contributed by atoms with Crippen LogP contribution in [0, 0.1) is 17.5 Å². The van der Waals surface area contributed by atoms with Crippen LogP contribution in [0.3, 0.4) is 0 Å². The van der Waals surface area contributed by atoms with E-state index in [9.17, 15) is 13.2 Å².